The minimum Gasteiger partial charge on any atom is -0.494 e. The summed E-state index contributed by atoms with van der Waals surface area (Å²) in [6.07, 6.45) is 0. The average molecular weight is 456 g/mol. The Morgan fingerprint density at radius 1 is 1.29 bits per heavy atom. The van der Waals surface area contributed by atoms with Crippen molar-refractivity contribution in [2.45, 2.75) is 13.5 Å². The zero-order valence-electron chi connectivity index (χ0n) is 16.7. The molecular formula is C21H18FN5O2S2. The SMILES string of the molecule is COc1ccc(-c2csc(NC(=O)Cn3c(-c4cccc(C)c4)n[nH]c3=S)n2)cc1F. The van der Waals surface area contributed by atoms with Gasteiger partial charge < -0.3 is 10.1 Å². The van der Waals surface area contributed by atoms with Crippen LogP contribution < -0.4 is 10.1 Å². The molecule has 0 radical (unpaired) electrons. The number of amides is 1. The van der Waals surface area contributed by atoms with Gasteiger partial charge in [-0.15, -0.1) is 11.3 Å². The van der Waals surface area contributed by atoms with E-state index in [9.17, 15) is 9.18 Å². The number of hydrogen-bond donors (Lipinski definition) is 2. The number of rotatable bonds is 6. The minimum atomic E-state index is -0.475. The number of nitrogens with one attached hydrogen (secondary N) is 2. The van der Waals surface area contributed by atoms with E-state index in [1.165, 1.54) is 30.6 Å². The number of halogens is 1. The molecule has 0 spiro atoms. The van der Waals surface area contributed by atoms with Gasteiger partial charge in [-0.3, -0.25) is 14.5 Å². The number of carbonyl (C=O) groups is 1. The number of thiazole rings is 1. The number of aromatic nitrogens is 4. The Bertz CT molecular complexity index is 1310. The van der Waals surface area contributed by atoms with Crippen LogP contribution in [0.5, 0.6) is 5.75 Å². The summed E-state index contributed by atoms with van der Waals surface area (Å²) in [7, 11) is 1.41. The van der Waals surface area contributed by atoms with Crippen molar-refractivity contribution in [2.24, 2.45) is 0 Å². The lowest BCUT2D eigenvalue weighted by atomic mass is 10.1. The number of methoxy groups -OCH3 is 1. The highest BCUT2D eigenvalue weighted by atomic mass is 32.1. The second kappa shape index (κ2) is 8.78. The Hall–Kier alpha value is -3.37. The normalized spacial score (nSPS) is 10.8. The molecule has 4 rings (SSSR count). The molecule has 10 heteroatoms. The Morgan fingerprint density at radius 2 is 2.13 bits per heavy atom. The molecule has 0 atom stereocenters. The van der Waals surface area contributed by atoms with E-state index in [-0.39, 0.29) is 18.2 Å². The van der Waals surface area contributed by atoms with Gasteiger partial charge in [0, 0.05) is 16.5 Å². The molecule has 0 saturated heterocycles. The van der Waals surface area contributed by atoms with Crippen LogP contribution in [0.15, 0.2) is 47.8 Å². The number of hydrogen-bond acceptors (Lipinski definition) is 6. The predicted molar refractivity (Wildman–Crippen MR) is 120 cm³/mol. The van der Waals surface area contributed by atoms with Gasteiger partial charge in [-0.1, -0.05) is 23.8 Å². The minimum absolute atomic E-state index is 0.0231. The number of aryl methyl sites for hydroxylation is 1. The quantitative estimate of drug-likeness (QED) is 0.407. The van der Waals surface area contributed by atoms with Gasteiger partial charge in [0.25, 0.3) is 0 Å². The maximum Gasteiger partial charge on any atom is 0.246 e. The Balaban J connectivity index is 1.50. The van der Waals surface area contributed by atoms with Gasteiger partial charge in [0.05, 0.1) is 12.8 Å². The molecule has 7 nitrogen and oxygen atoms in total. The molecule has 0 fully saturated rings. The number of aromatic amines is 1. The molecule has 0 aliphatic heterocycles. The van der Waals surface area contributed by atoms with Crippen LogP contribution in [0, 0.1) is 17.5 Å². The third-order valence-corrected chi connectivity index (χ3v) is 5.60. The van der Waals surface area contributed by atoms with Crippen molar-refractivity contribution in [2.75, 3.05) is 12.4 Å². The summed E-state index contributed by atoms with van der Waals surface area (Å²) in [5.41, 5.74) is 3.09. The zero-order valence-corrected chi connectivity index (χ0v) is 18.3. The van der Waals surface area contributed by atoms with Crippen LogP contribution in [0.25, 0.3) is 22.6 Å². The van der Waals surface area contributed by atoms with Crippen LogP contribution in [-0.2, 0) is 11.3 Å². The van der Waals surface area contributed by atoms with E-state index >= 15 is 0 Å². The van der Waals surface area contributed by atoms with Crippen molar-refractivity contribution >= 4 is 34.6 Å². The maximum absolute atomic E-state index is 14.0. The summed E-state index contributed by atoms with van der Waals surface area (Å²) < 4.78 is 20.9. The summed E-state index contributed by atoms with van der Waals surface area (Å²) in [5.74, 6) is -0.0315. The van der Waals surface area contributed by atoms with Gasteiger partial charge in [0.2, 0.25) is 5.91 Å². The number of nitrogens with zero attached hydrogens (tertiary/aromatic N) is 3. The first-order valence-electron chi connectivity index (χ1n) is 9.26. The van der Waals surface area contributed by atoms with Crippen molar-refractivity contribution < 1.29 is 13.9 Å². The molecule has 1 amide bonds. The van der Waals surface area contributed by atoms with Gasteiger partial charge in [-0.05, 0) is 43.4 Å². The van der Waals surface area contributed by atoms with Crippen molar-refractivity contribution in [1.29, 1.82) is 0 Å². The first kappa shape index (κ1) is 20.9. The van der Waals surface area contributed by atoms with Gasteiger partial charge in [-0.25, -0.2) is 9.37 Å². The number of carbonyl (C=O) groups excluding carboxylic acids is 1. The van der Waals surface area contributed by atoms with Crippen molar-refractivity contribution in [1.82, 2.24) is 19.7 Å². The highest BCUT2D eigenvalue weighted by Gasteiger charge is 2.15. The average Bonchev–Trinajstić information content (AvgIpc) is 3.35. The zero-order chi connectivity index (χ0) is 22.0. The molecule has 0 aliphatic carbocycles. The monoisotopic (exact) mass is 455 g/mol. The molecule has 2 N–H and O–H groups in total. The lowest BCUT2D eigenvalue weighted by Crippen LogP contribution is -2.19. The maximum atomic E-state index is 14.0. The molecule has 4 aromatic rings. The number of anilines is 1. The molecule has 2 aromatic carbocycles. The van der Waals surface area contributed by atoms with Crippen LogP contribution in [0.2, 0.25) is 0 Å². The van der Waals surface area contributed by atoms with E-state index in [1.807, 2.05) is 31.2 Å². The Labute approximate surface area is 186 Å². The summed E-state index contributed by atoms with van der Waals surface area (Å²) in [6.45, 7) is 1.96. The molecule has 0 saturated carbocycles. The summed E-state index contributed by atoms with van der Waals surface area (Å²) >= 11 is 6.55. The second-order valence-corrected chi connectivity index (χ2v) is 7.99. The van der Waals surface area contributed by atoms with Crippen molar-refractivity contribution in [3.63, 3.8) is 0 Å². The van der Waals surface area contributed by atoms with Crippen LogP contribution in [0.4, 0.5) is 9.52 Å². The lowest BCUT2D eigenvalue weighted by molar-refractivity contribution is -0.116. The van der Waals surface area contributed by atoms with Gasteiger partial charge in [0.1, 0.15) is 6.54 Å². The standard InChI is InChI=1S/C21H18FN5O2S2/c1-12-4-3-5-14(8-12)19-25-26-21(30)27(19)10-18(28)24-20-23-16(11-31-20)13-6-7-17(29-2)15(22)9-13/h3-9,11H,10H2,1-2H3,(H,26,30)(H,23,24,28). The van der Waals surface area contributed by atoms with E-state index in [0.717, 1.165) is 11.1 Å². The van der Waals surface area contributed by atoms with Crippen molar-refractivity contribution in [3.05, 3.63) is 64.0 Å². The summed E-state index contributed by atoms with van der Waals surface area (Å²) in [6, 6.07) is 12.4. The summed E-state index contributed by atoms with van der Waals surface area (Å²) in [4.78, 5) is 17.0. The van der Waals surface area contributed by atoms with Gasteiger partial charge in [0.15, 0.2) is 27.3 Å². The lowest BCUT2D eigenvalue weighted by Gasteiger charge is -2.07. The molecule has 0 bridgehead atoms. The molecular weight excluding hydrogens is 437 g/mol. The number of ether oxygens (including phenoxy) is 1. The Kier molecular flexibility index (Phi) is 5.92. The fraction of sp³-hybridized carbons (Fsp3) is 0.143. The van der Waals surface area contributed by atoms with Gasteiger partial charge in [-0.2, -0.15) is 5.10 Å². The first-order chi connectivity index (χ1) is 14.9. The fourth-order valence-corrected chi connectivity index (χ4v) is 3.99. The third-order valence-electron chi connectivity index (χ3n) is 4.53. The first-order valence-corrected chi connectivity index (χ1v) is 10.5. The van der Waals surface area contributed by atoms with Crippen LogP contribution in [0.1, 0.15) is 5.56 Å². The van der Waals surface area contributed by atoms with Crippen LogP contribution >= 0.6 is 23.6 Å². The van der Waals surface area contributed by atoms with E-state index in [4.69, 9.17) is 17.0 Å². The molecule has 2 aromatic heterocycles. The molecule has 2 heterocycles. The van der Waals surface area contributed by atoms with E-state index < -0.39 is 5.82 Å². The largest absolute Gasteiger partial charge is 0.494 e. The smallest absolute Gasteiger partial charge is 0.246 e. The van der Waals surface area contributed by atoms with E-state index in [1.54, 1.807) is 16.0 Å². The fourth-order valence-electron chi connectivity index (χ4n) is 3.06. The van der Waals surface area contributed by atoms with Gasteiger partial charge >= 0.3 is 0 Å². The highest BCUT2D eigenvalue weighted by Crippen LogP contribution is 2.28. The molecule has 0 aliphatic rings. The molecule has 0 unspecified atom stereocenters. The molecule has 31 heavy (non-hydrogen) atoms. The molecule has 158 valence electrons. The van der Waals surface area contributed by atoms with Crippen LogP contribution in [-0.4, -0.2) is 32.8 Å². The van der Waals surface area contributed by atoms with Crippen molar-refractivity contribution in [3.8, 4) is 28.4 Å². The van der Waals surface area contributed by atoms with E-state index in [2.05, 4.69) is 20.5 Å². The summed E-state index contributed by atoms with van der Waals surface area (Å²) in [5, 5.41) is 11.9. The topological polar surface area (TPSA) is 84.8 Å². The Morgan fingerprint density at radius 3 is 2.87 bits per heavy atom. The second-order valence-electron chi connectivity index (χ2n) is 6.74. The van der Waals surface area contributed by atoms with E-state index in [0.29, 0.717) is 27.0 Å². The third kappa shape index (κ3) is 4.54. The number of benzene rings is 2. The highest BCUT2D eigenvalue weighted by molar-refractivity contribution is 7.71. The number of H-pyrrole nitrogens is 1. The predicted octanol–water partition coefficient (Wildman–Crippen LogP) is 4.83. The van der Waals surface area contributed by atoms with Crippen LogP contribution in [0.3, 0.4) is 0 Å².